The first-order chi connectivity index (χ1) is 18.1. The molecule has 0 aliphatic carbocycles. The number of aromatic amines is 1. The molecule has 0 spiro atoms. The Morgan fingerprint density at radius 1 is 1.26 bits per heavy atom. The van der Waals surface area contributed by atoms with Crippen molar-refractivity contribution in [3.8, 4) is 0 Å². The van der Waals surface area contributed by atoms with Crippen LogP contribution >= 0.6 is 0 Å². The fourth-order valence-corrected chi connectivity index (χ4v) is 4.44. The minimum Gasteiger partial charge on any atom is -0.319 e. The van der Waals surface area contributed by atoms with Gasteiger partial charge in [0.25, 0.3) is 11.8 Å². The van der Waals surface area contributed by atoms with E-state index in [1.807, 2.05) is 67.2 Å². The molecule has 200 valence electrons. The number of aliphatic imine (C=N–C) groups is 1. The Kier molecular flexibility index (Phi) is 8.43. The van der Waals surface area contributed by atoms with Gasteiger partial charge in [0.2, 0.25) is 0 Å². The number of halogens is 2. The van der Waals surface area contributed by atoms with Crippen LogP contribution in [-0.2, 0) is 6.54 Å². The topological polar surface area (TPSA) is 89.5 Å². The van der Waals surface area contributed by atoms with Gasteiger partial charge in [0.1, 0.15) is 0 Å². The molecule has 38 heavy (non-hydrogen) atoms. The molecule has 0 saturated carbocycles. The molecular formula is C28H33F2N7O. The number of anilines is 1. The van der Waals surface area contributed by atoms with E-state index in [1.165, 1.54) is 0 Å². The number of nitrogens with zero attached hydrogens (tertiary/aromatic N) is 5. The molecule has 0 atom stereocenters. The molecule has 1 amide bonds. The number of fused-ring (bicyclic) bond motifs is 1. The molecule has 1 fully saturated rings. The predicted molar refractivity (Wildman–Crippen MR) is 148 cm³/mol. The molecule has 4 rings (SSSR count). The summed E-state index contributed by atoms with van der Waals surface area (Å²) < 4.78 is 27.1. The summed E-state index contributed by atoms with van der Waals surface area (Å²) in [5, 5.41) is 10.7. The van der Waals surface area contributed by atoms with Crippen LogP contribution in [0.3, 0.4) is 0 Å². The van der Waals surface area contributed by atoms with Crippen LogP contribution in [0.2, 0.25) is 0 Å². The van der Waals surface area contributed by atoms with Gasteiger partial charge in [-0.25, -0.2) is 8.78 Å². The third-order valence-electron chi connectivity index (χ3n) is 6.45. The minimum absolute atomic E-state index is 0.136. The molecular weight excluding hydrogens is 488 g/mol. The lowest BCUT2D eigenvalue weighted by Gasteiger charge is -2.31. The van der Waals surface area contributed by atoms with Gasteiger partial charge in [-0.1, -0.05) is 12.1 Å². The Bertz CT molecular complexity index is 1350. The lowest BCUT2D eigenvalue weighted by molar-refractivity contribution is -0.0533. The van der Waals surface area contributed by atoms with Crippen molar-refractivity contribution in [2.75, 3.05) is 39.0 Å². The first-order valence-corrected chi connectivity index (χ1v) is 12.5. The van der Waals surface area contributed by atoms with E-state index < -0.39 is 5.92 Å². The van der Waals surface area contributed by atoms with Crippen LogP contribution in [0.15, 0.2) is 59.4 Å². The highest BCUT2D eigenvalue weighted by atomic mass is 19.3. The summed E-state index contributed by atoms with van der Waals surface area (Å²) in [6.45, 7) is 7.41. The average molecular weight is 522 g/mol. The van der Waals surface area contributed by atoms with E-state index >= 15 is 0 Å². The van der Waals surface area contributed by atoms with Gasteiger partial charge in [-0.2, -0.15) is 5.10 Å². The standard InChI is InChI=1S/C28H33F2N7O/c1-19(13-20(15-31-2)17-37-11-9-28(29,30)10-12-37)21-5-8-25-24(14-21)26(35-34-25)27(38)33-22-6-7-23(32-16-22)18-36(3)4/h5-8,13-16H,2,9-12,17-18H2,1,3-4H3,(H,33,38)(H,34,35)/b19-13+,20-15+. The number of benzene rings is 1. The second-order valence-corrected chi connectivity index (χ2v) is 9.91. The van der Waals surface area contributed by atoms with E-state index in [1.54, 1.807) is 12.4 Å². The van der Waals surface area contributed by atoms with Crippen LogP contribution in [-0.4, -0.2) is 77.3 Å². The quantitative estimate of drug-likeness (QED) is 0.306. The van der Waals surface area contributed by atoms with E-state index in [-0.39, 0.29) is 24.4 Å². The number of aromatic nitrogens is 3. The Morgan fingerprint density at radius 2 is 2.03 bits per heavy atom. The van der Waals surface area contributed by atoms with Gasteiger partial charge in [-0.15, -0.1) is 0 Å². The number of likely N-dealkylation sites (tertiary alicyclic amines) is 1. The number of alkyl halides is 2. The number of carbonyl (C=O) groups is 1. The molecule has 1 aliphatic rings. The zero-order chi connectivity index (χ0) is 27.3. The number of carbonyl (C=O) groups excluding carboxylic acids is 1. The zero-order valence-corrected chi connectivity index (χ0v) is 22.0. The van der Waals surface area contributed by atoms with E-state index in [0.717, 1.165) is 27.9 Å². The summed E-state index contributed by atoms with van der Waals surface area (Å²) in [6.07, 6.45) is 4.99. The van der Waals surface area contributed by atoms with Crippen molar-refractivity contribution in [3.05, 3.63) is 71.3 Å². The first-order valence-electron chi connectivity index (χ1n) is 12.5. The van der Waals surface area contributed by atoms with Crippen LogP contribution in [0.1, 0.15) is 41.5 Å². The number of piperidine rings is 1. The highest BCUT2D eigenvalue weighted by Crippen LogP contribution is 2.29. The fourth-order valence-electron chi connectivity index (χ4n) is 4.44. The largest absolute Gasteiger partial charge is 0.319 e. The van der Waals surface area contributed by atoms with Crippen molar-refractivity contribution in [1.29, 1.82) is 0 Å². The van der Waals surface area contributed by atoms with Gasteiger partial charge in [-0.05, 0) is 68.7 Å². The number of H-pyrrole nitrogens is 1. The second-order valence-electron chi connectivity index (χ2n) is 9.91. The molecule has 3 aromatic rings. The molecule has 0 radical (unpaired) electrons. The summed E-state index contributed by atoms with van der Waals surface area (Å²) in [4.78, 5) is 25.4. The maximum Gasteiger partial charge on any atom is 0.276 e. The summed E-state index contributed by atoms with van der Waals surface area (Å²) in [5.74, 6) is -2.92. The van der Waals surface area contributed by atoms with Crippen LogP contribution in [0.25, 0.3) is 16.5 Å². The average Bonchev–Trinajstić information content (AvgIpc) is 3.30. The summed E-state index contributed by atoms with van der Waals surface area (Å²) in [7, 11) is 3.94. The summed E-state index contributed by atoms with van der Waals surface area (Å²) >= 11 is 0. The molecule has 8 nitrogen and oxygen atoms in total. The van der Waals surface area contributed by atoms with Gasteiger partial charge in [0, 0.05) is 50.6 Å². The van der Waals surface area contributed by atoms with Crippen molar-refractivity contribution in [2.45, 2.75) is 32.2 Å². The summed E-state index contributed by atoms with van der Waals surface area (Å²) in [6, 6.07) is 9.44. The lowest BCUT2D eigenvalue weighted by atomic mass is 10.0. The maximum atomic E-state index is 13.5. The molecule has 10 heteroatoms. The third kappa shape index (κ3) is 6.96. The highest BCUT2D eigenvalue weighted by Gasteiger charge is 2.33. The van der Waals surface area contributed by atoms with Gasteiger partial charge in [0.05, 0.1) is 23.1 Å². The number of amides is 1. The van der Waals surface area contributed by atoms with Crippen molar-refractivity contribution < 1.29 is 13.6 Å². The number of allylic oxidation sites excluding steroid dienone is 1. The molecule has 0 bridgehead atoms. The highest BCUT2D eigenvalue weighted by molar-refractivity contribution is 6.11. The monoisotopic (exact) mass is 521 g/mol. The van der Waals surface area contributed by atoms with Crippen LogP contribution in [0, 0.1) is 0 Å². The number of nitrogens with one attached hydrogen (secondary N) is 2. The number of rotatable bonds is 9. The normalized spacial score (nSPS) is 16.7. The fraction of sp³-hybridized carbons (Fsp3) is 0.357. The van der Waals surface area contributed by atoms with E-state index in [9.17, 15) is 13.6 Å². The van der Waals surface area contributed by atoms with E-state index in [4.69, 9.17) is 0 Å². The number of hydrogen-bond acceptors (Lipinski definition) is 6. The van der Waals surface area contributed by atoms with Crippen molar-refractivity contribution >= 4 is 34.8 Å². The second kappa shape index (κ2) is 11.7. The van der Waals surface area contributed by atoms with Gasteiger partial charge >= 0.3 is 0 Å². The van der Waals surface area contributed by atoms with Crippen LogP contribution in [0.4, 0.5) is 14.5 Å². The first kappa shape index (κ1) is 27.3. The maximum absolute atomic E-state index is 13.5. The smallest absolute Gasteiger partial charge is 0.276 e. The zero-order valence-electron chi connectivity index (χ0n) is 22.0. The van der Waals surface area contributed by atoms with Gasteiger partial charge in [0.15, 0.2) is 5.69 Å². The van der Waals surface area contributed by atoms with Crippen LogP contribution < -0.4 is 5.32 Å². The van der Waals surface area contributed by atoms with Crippen molar-refractivity contribution in [3.63, 3.8) is 0 Å². The Hall–Kier alpha value is -3.76. The molecule has 1 aromatic carbocycles. The Labute approximate surface area is 221 Å². The molecule has 3 heterocycles. The van der Waals surface area contributed by atoms with Crippen molar-refractivity contribution in [1.82, 2.24) is 25.0 Å². The predicted octanol–water partition coefficient (Wildman–Crippen LogP) is 4.99. The van der Waals surface area contributed by atoms with Crippen molar-refractivity contribution in [2.24, 2.45) is 4.99 Å². The summed E-state index contributed by atoms with van der Waals surface area (Å²) in [5.41, 5.74) is 5.23. The molecule has 2 N–H and O–H groups in total. The van der Waals surface area contributed by atoms with E-state index in [2.05, 4.69) is 32.2 Å². The molecule has 2 aromatic heterocycles. The molecule has 0 unspecified atom stereocenters. The SMILES string of the molecule is C=N/C=C(\C=C(/C)c1ccc2[nH]nc(C(=O)Nc3ccc(CN(C)C)nc3)c2c1)CN1CCC(F)(F)CC1. The van der Waals surface area contributed by atoms with Gasteiger partial charge in [-0.3, -0.25) is 24.8 Å². The molecule has 1 aliphatic heterocycles. The number of hydrogen-bond donors (Lipinski definition) is 2. The Morgan fingerprint density at radius 3 is 2.68 bits per heavy atom. The van der Waals surface area contributed by atoms with E-state index in [0.29, 0.717) is 37.3 Å². The van der Waals surface area contributed by atoms with Gasteiger partial charge < -0.3 is 10.2 Å². The molecule has 1 saturated heterocycles. The lowest BCUT2D eigenvalue weighted by Crippen LogP contribution is -2.40. The number of pyridine rings is 1. The Balaban J connectivity index is 1.50. The minimum atomic E-state index is -2.58. The third-order valence-corrected chi connectivity index (χ3v) is 6.45. The van der Waals surface area contributed by atoms with Crippen LogP contribution in [0.5, 0.6) is 0 Å².